The fraction of sp³-hybridized carbons (Fsp3) is 0.312. The Hall–Kier alpha value is -4.34. The summed E-state index contributed by atoms with van der Waals surface area (Å²) >= 11 is 0. The van der Waals surface area contributed by atoms with Gasteiger partial charge in [0.15, 0.2) is 0 Å². The van der Waals surface area contributed by atoms with Gasteiger partial charge in [-0.25, -0.2) is 9.89 Å². The van der Waals surface area contributed by atoms with Crippen molar-refractivity contribution in [2.75, 3.05) is 25.9 Å². The Kier molecular flexibility index (Phi) is 6.93. The number of nitrogens with two attached hydrogens (primary N) is 1. The number of benzene rings is 2. The lowest BCUT2D eigenvalue weighted by molar-refractivity contribution is -0.516. The van der Waals surface area contributed by atoms with E-state index in [4.69, 9.17) is 10.7 Å². The number of rotatable bonds is 7. The molecule has 9 heteroatoms. The van der Waals surface area contributed by atoms with Crippen molar-refractivity contribution in [2.24, 2.45) is 0 Å². The zero-order chi connectivity index (χ0) is 28.7. The Morgan fingerprint density at radius 1 is 1.02 bits per heavy atom. The number of hydrogen-bond acceptors (Lipinski definition) is 6. The lowest BCUT2D eigenvalue weighted by atomic mass is 9.77. The summed E-state index contributed by atoms with van der Waals surface area (Å²) in [4.78, 5) is 25.2. The Labute approximate surface area is 238 Å². The minimum atomic E-state index is -0.380. The average molecular weight is 551 g/mol. The molecule has 0 saturated heterocycles. The van der Waals surface area contributed by atoms with Crippen molar-refractivity contribution in [1.29, 1.82) is 0 Å². The van der Waals surface area contributed by atoms with E-state index < -0.39 is 0 Å². The van der Waals surface area contributed by atoms with Crippen molar-refractivity contribution < 1.29 is 9.51 Å². The molecule has 1 aliphatic carbocycles. The van der Waals surface area contributed by atoms with Crippen molar-refractivity contribution in [3.05, 3.63) is 99.7 Å². The number of nitrogen functional groups attached to an aromatic ring is 1. The van der Waals surface area contributed by atoms with Crippen LogP contribution in [0.5, 0.6) is 0 Å². The van der Waals surface area contributed by atoms with Crippen molar-refractivity contribution in [2.45, 2.75) is 45.2 Å². The fourth-order valence-electron chi connectivity index (χ4n) is 6.22. The van der Waals surface area contributed by atoms with E-state index in [1.807, 2.05) is 63.4 Å². The number of pyridine rings is 1. The maximum Gasteiger partial charge on any atom is 0.428 e. The van der Waals surface area contributed by atoms with E-state index in [1.165, 1.54) is 15.5 Å². The molecule has 3 heterocycles. The van der Waals surface area contributed by atoms with Gasteiger partial charge in [-0.3, -0.25) is 9.88 Å². The molecule has 0 aliphatic heterocycles. The maximum atomic E-state index is 13.7. The van der Waals surface area contributed by atoms with E-state index in [0.717, 1.165) is 47.3 Å². The standard InChI is InChI=1S/C32H35N7O2/c1-21-17-26(18-22(2)34-21)27-28(24-10-5-4-6-11-24)35-30(33)39-29(27)36-38(31(39)41)16-15-37(3)32(20-40)14-13-23-9-7-8-12-25(23)19-32/h4-12,17-18,40H,13-16,19-20H2,1-3H3,(H2,33,34,35,36)/p+1. The summed E-state index contributed by atoms with van der Waals surface area (Å²) in [6.07, 6.45) is 2.55. The SMILES string of the molecule is Cc1cc(-c2c(-c3ccccc3)nc(N)[n+]3c(=O)n(CCN(C)C4(CO)CCc5ccccc5C4)[nH]c23)cc(C)n1. The number of nitrogens with zero attached hydrogens (tertiary/aromatic N) is 5. The third-order valence-corrected chi connectivity index (χ3v) is 8.49. The number of aromatic amines is 1. The Morgan fingerprint density at radius 2 is 1.71 bits per heavy atom. The number of likely N-dealkylation sites (N-methyl/N-ethyl adjacent to an activating group) is 1. The monoisotopic (exact) mass is 550 g/mol. The van der Waals surface area contributed by atoms with Crippen LogP contribution in [0.25, 0.3) is 28.0 Å². The van der Waals surface area contributed by atoms with Crippen LogP contribution < -0.4 is 15.8 Å². The summed E-state index contributed by atoms with van der Waals surface area (Å²) < 4.78 is 3.04. The molecule has 1 aliphatic rings. The smallest absolute Gasteiger partial charge is 0.394 e. The number of aliphatic hydroxyl groups excluding tert-OH is 1. The fourth-order valence-corrected chi connectivity index (χ4v) is 6.22. The summed E-state index contributed by atoms with van der Waals surface area (Å²) in [6.45, 7) is 4.93. The lowest BCUT2D eigenvalue weighted by Crippen LogP contribution is -2.54. The van der Waals surface area contributed by atoms with Crippen LogP contribution in [0.1, 0.15) is 28.9 Å². The van der Waals surface area contributed by atoms with Crippen LogP contribution in [-0.4, -0.2) is 55.5 Å². The van der Waals surface area contributed by atoms with Gasteiger partial charge >= 0.3 is 11.6 Å². The second-order valence-corrected chi connectivity index (χ2v) is 11.2. The van der Waals surface area contributed by atoms with Crippen LogP contribution in [0.3, 0.4) is 0 Å². The van der Waals surface area contributed by atoms with Gasteiger partial charge in [0.25, 0.3) is 0 Å². The van der Waals surface area contributed by atoms with Gasteiger partial charge in [0.2, 0.25) is 5.65 Å². The van der Waals surface area contributed by atoms with Gasteiger partial charge in [-0.1, -0.05) is 54.6 Å². The van der Waals surface area contributed by atoms with Crippen LogP contribution in [0.2, 0.25) is 0 Å². The van der Waals surface area contributed by atoms with Gasteiger partial charge in [-0.05, 0) is 69.0 Å². The summed E-state index contributed by atoms with van der Waals surface area (Å²) in [5.74, 6) is 0.120. The Bertz CT molecular complexity index is 1770. The van der Waals surface area contributed by atoms with Crippen molar-refractivity contribution in [1.82, 2.24) is 24.6 Å². The molecule has 0 spiro atoms. The molecule has 210 valence electrons. The topological polar surface area (TPSA) is 117 Å². The summed E-state index contributed by atoms with van der Waals surface area (Å²) in [6, 6.07) is 22.3. The first-order valence-corrected chi connectivity index (χ1v) is 14.0. The van der Waals surface area contributed by atoms with E-state index in [2.05, 4.69) is 39.2 Å². The zero-order valence-corrected chi connectivity index (χ0v) is 23.8. The minimum Gasteiger partial charge on any atom is -0.394 e. The average Bonchev–Trinajstić information content (AvgIpc) is 3.31. The number of nitrogens with one attached hydrogen (secondary N) is 1. The van der Waals surface area contributed by atoms with Crippen molar-refractivity contribution >= 4 is 11.6 Å². The minimum absolute atomic E-state index is 0.0520. The van der Waals surface area contributed by atoms with Crippen LogP contribution in [0, 0.1) is 13.8 Å². The predicted molar refractivity (Wildman–Crippen MR) is 159 cm³/mol. The Balaban J connectivity index is 1.41. The molecule has 5 aromatic rings. The summed E-state index contributed by atoms with van der Waals surface area (Å²) in [7, 11) is 2.03. The third-order valence-electron chi connectivity index (χ3n) is 8.49. The highest BCUT2D eigenvalue weighted by atomic mass is 16.3. The predicted octanol–water partition coefficient (Wildman–Crippen LogP) is 3.09. The molecule has 6 rings (SSSR count). The highest BCUT2D eigenvalue weighted by Crippen LogP contribution is 2.34. The third kappa shape index (κ3) is 4.81. The summed E-state index contributed by atoms with van der Waals surface area (Å²) in [5, 5.41) is 13.9. The van der Waals surface area contributed by atoms with E-state index in [-0.39, 0.29) is 23.8 Å². The molecule has 0 bridgehead atoms. The number of aliphatic hydroxyl groups is 1. The molecule has 41 heavy (non-hydrogen) atoms. The first-order valence-electron chi connectivity index (χ1n) is 14.0. The van der Waals surface area contributed by atoms with Crippen LogP contribution in [0.15, 0.2) is 71.5 Å². The highest BCUT2D eigenvalue weighted by molar-refractivity contribution is 5.88. The zero-order valence-electron chi connectivity index (χ0n) is 23.8. The van der Waals surface area contributed by atoms with Crippen LogP contribution in [0.4, 0.5) is 5.95 Å². The van der Waals surface area contributed by atoms with Crippen molar-refractivity contribution in [3.63, 3.8) is 0 Å². The van der Waals surface area contributed by atoms with Gasteiger partial charge in [0.1, 0.15) is 5.69 Å². The highest BCUT2D eigenvalue weighted by Gasteiger charge is 2.37. The molecular weight excluding hydrogens is 514 g/mol. The summed E-state index contributed by atoms with van der Waals surface area (Å²) in [5.41, 5.74) is 14.0. The molecule has 2 aromatic carbocycles. The number of fused-ring (bicyclic) bond motifs is 2. The number of hydrogen-bond donors (Lipinski definition) is 3. The molecule has 0 radical (unpaired) electrons. The van der Waals surface area contributed by atoms with Gasteiger partial charge in [0, 0.05) is 29.0 Å². The molecule has 1 atom stereocenters. The number of aromatic nitrogens is 5. The molecule has 1 unspecified atom stereocenters. The van der Waals surface area contributed by atoms with Gasteiger partial charge in [-0.2, -0.15) is 4.68 Å². The molecule has 9 nitrogen and oxygen atoms in total. The second-order valence-electron chi connectivity index (χ2n) is 11.2. The van der Waals surface area contributed by atoms with Crippen LogP contribution in [-0.2, 0) is 19.4 Å². The van der Waals surface area contributed by atoms with E-state index in [0.29, 0.717) is 24.4 Å². The maximum absolute atomic E-state index is 13.7. The number of anilines is 1. The van der Waals surface area contributed by atoms with Crippen LogP contribution >= 0.6 is 0 Å². The first-order chi connectivity index (χ1) is 19.8. The van der Waals surface area contributed by atoms with E-state index in [9.17, 15) is 9.90 Å². The quantitative estimate of drug-likeness (QED) is 0.268. The van der Waals surface area contributed by atoms with E-state index in [1.54, 1.807) is 4.68 Å². The Morgan fingerprint density at radius 3 is 2.41 bits per heavy atom. The molecule has 0 saturated carbocycles. The number of aryl methyl sites for hydroxylation is 3. The van der Waals surface area contributed by atoms with E-state index >= 15 is 0 Å². The van der Waals surface area contributed by atoms with Gasteiger partial charge in [-0.15, -0.1) is 9.38 Å². The first kappa shape index (κ1) is 26.9. The lowest BCUT2D eigenvalue weighted by Gasteiger charge is -2.44. The molecule has 0 fully saturated rings. The molecule has 0 amide bonds. The van der Waals surface area contributed by atoms with Crippen molar-refractivity contribution in [3.8, 4) is 22.4 Å². The molecule has 3 aromatic heterocycles. The second kappa shape index (κ2) is 10.6. The number of H-pyrrole nitrogens is 1. The van der Waals surface area contributed by atoms with Gasteiger partial charge < -0.3 is 10.8 Å². The molecular formula is C32H36N7O2+. The van der Waals surface area contributed by atoms with Gasteiger partial charge in [0.05, 0.1) is 18.7 Å². The largest absolute Gasteiger partial charge is 0.428 e. The normalized spacial score (nSPS) is 16.8. The molecule has 4 N–H and O–H groups in total.